The van der Waals surface area contributed by atoms with Gasteiger partial charge in [-0.05, 0) is 17.7 Å². The molecule has 1 saturated heterocycles. The summed E-state index contributed by atoms with van der Waals surface area (Å²) < 4.78 is 12.9. The van der Waals surface area contributed by atoms with E-state index in [-0.39, 0.29) is 17.6 Å². The van der Waals surface area contributed by atoms with Crippen LogP contribution in [0, 0.1) is 5.82 Å². The van der Waals surface area contributed by atoms with E-state index in [0.29, 0.717) is 31.2 Å². The van der Waals surface area contributed by atoms with E-state index in [9.17, 15) is 14.0 Å². The number of amides is 2. The van der Waals surface area contributed by atoms with Crippen LogP contribution in [0.3, 0.4) is 0 Å². The summed E-state index contributed by atoms with van der Waals surface area (Å²) in [6.07, 6.45) is 0. The molecule has 0 atom stereocenters. The van der Waals surface area contributed by atoms with Gasteiger partial charge in [0.1, 0.15) is 10.8 Å². The highest BCUT2D eigenvalue weighted by molar-refractivity contribution is 7.13. The summed E-state index contributed by atoms with van der Waals surface area (Å²) in [6.45, 7) is 5.49. The van der Waals surface area contributed by atoms with Crippen LogP contribution in [0.15, 0.2) is 24.3 Å². The van der Waals surface area contributed by atoms with Crippen LogP contribution in [-0.2, 0) is 17.9 Å². The average molecular weight is 377 g/mol. The third-order valence-electron chi connectivity index (χ3n) is 4.20. The standard InChI is InChI=1S/C17H20FN5O2S/c1-12(24)23-8-6-22(7-9-23)11-15-20-21-17(26-15)16(25)19-10-13-2-4-14(18)5-3-13/h2-5H,6-11H2,1H3,(H,19,25). The van der Waals surface area contributed by atoms with E-state index < -0.39 is 0 Å². The molecular weight excluding hydrogens is 357 g/mol. The Hall–Kier alpha value is -2.39. The molecule has 9 heteroatoms. The second-order valence-corrected chi connectivity index (χ2v) is 7.15. The lowest BCUT2D eigenvalue weighted by atomic mass is 10.2. The summed E-state index contributed by atoms with van der Waals surface area (Å²) in [5.41, 5.74) is 0.813. The van der Waals surface area contributed by atoms with Gasteiger partial charge in [0.15, 0.2) is 0 Å². The molecule has 1 aromatic carbocycles. The topological polar surface area (TPSA) is 78.4 Å². The molecule has 1 N–H and O–H groups in total. The summed E-state index contributed by atoms with van der Waals surface area (Å²) in [7, 11) is 0. The SMILES string of the molecule is CC(=O)N1CCN(Cc2nnc(C(=O)NCc3ccc(F)cc3)s2)CC1. The first-order chi connectivity index (χ1) is 12.5. The molecule has 0 saturated carbocycles. The van der Waals surface area contributed by atoms with Crippen molar-refractivity contribution in [1.29, 1.82) is 0 Å². The number of aromatic nitrogens is 2. The van der Waals surface area contributed by atoms with Gasteiger partial charge in [0.2, 0.25) is 10.9 Å². The summed E-state index contributed by atoms with van der Waals surface area (Å²) in [5.74, 6) is -0.502. The predicted octanol–water partition coefficient (Wildman–Crippen LogP) is 1.27. The number of carbonyl (C=O) groups excluding carboxylic acids is 2. The van der Waals surface area contributed by atoms with E-state index in [1.807, 2.05) is 4.90 Å². The van der Waals surface area contributed by atoms with Crippen LogP contribution in [-0.4, -0.2) is 58.0 Å². The molecule has 0 radical (unpaired) electrons. The molecule has 3 rings (SSSR count). The zero-order valence-electron chi connectivity index (χ0n) is 14.4. The van der Waals surface area contributed by atoms with Gasteiger partial charge in [-0.25, -0.2) is 4.39 Å². The quantitative estimate of drug-likeness (QED) is 0.849. The third kappa shape index (κ3) is 4.83. The monoisotopic (exact) mass is 377 g/mol. The lowest BCUT2D eigenvalue weighted by Crippen LogP contribution is -2.47. The van der Waals surface area contributed by atoms with Crippen molar-refractivity contribution >= 4 is 23.2 Å². The largest absolute Gasteiger partial charge is 0.346 e. The molecule has 26 heavy (non-hydrogen) atoms. The van der Waals surface area contributed by atoms with Gasteiger partial charge >= 0.3 is 0 Å². The van der Waals surface area contributed by atoms with Crippen LogP contribution in [0.2, 0.25) is 0 Å². The first-order valence-corrected chi connectivity index (χ1v) is 9.16. The Morgan fingerprint density at radius 1 is 1.15 bits per heavy atom. The number of halogens is 1. The number of benzene rings is 1. The van der Waals surface area contributed by atoms with Crippen molar-refractivity contribution < 1.29 is 14.0 Å². The molecule has 0 unspecified atom stereocenters. The fourth-order valence-corrected chi connectivity index (χ4v) is 3.48. The second-order valence-electron chi connectivity index (χ2n) is 6.09. The Morgan fingerprint density at radius 3 is 2.50 bits per heavy atom. The molecule has 0 bridgehead atoms. The minimum Gasteiger partial charge on any atom is -0.346 e. The first kappa shape index (κ1) is 18.4. The Bertz CT molecular complexity index is 772. The maximum atomic E-state index is 12.9. The Labute approximate surface area is 154 Å². The van der Waals surface area contributed by atoms with Gasteiger partial charge in [0.25, 0.3) is 5.91 Å². The molecule has 2 aromatic rings. The van der Waals surface area contributed by atoms with Gasteiger partial charge in [0, 0.05) is 39.6 Å². The van der Waals surface area contributed by atoms with Gasteiger partial charge in [-0.2, -0.15) is 0 Å². The Morgan fingerprint density at radius 2 is 1.85 bits per heavy atom. The number of piperazine rings is 1. The van der Waals surface area contributed by atoms with Crippen LogP contribution < -0.4 is 5.32 Å². The van der Waals surface area contributed by atoms with Gasteiger partial charge in [-0.15, -0.1) is 10.2 Å². The zero-order valence-corrected chi connectivity index (χ0v) is 15.3. The molecular formula is C17H20FN5O2S. The molecule has 2 amide bonds. The number of rotatable bonds is 5. The maximum Gasteiger partial charge on any atom is 0.282 e. The van der Waals surface area contributed by atoms with Crippen LogP contribution in [0.1, 0.15) is 27.3 Å². The zero-order chi connectivity index (χ0) is 18.5. The Balaban J connectivity index is 1.48. The number of hydrogen-bond donors (Lipinski definition) is 1. The molecule has 1 fully saturated rings. The highest BCUT2D eigenvalue weighted by Crippen LogP contribution is 2.14. The van der Waals surface area contributed by atoms with Crippen molar-refractivity contribution in [3.63, 3.8) is 0 Å². The third-order valence-corrected chi connectivity index (χ3v) is 5.11. The number of carbonyl (C=O) groups is 2. The van der Waals surface area contributed by atoms with Crippen LogP contribution >= 0.6 is 11.3 Å². The molecule has 1 aliphatic heterocycles. The predicted molar refractivity (Wildman–Crippen MR) is 95.0 cm³/mol. The second kappa shape index (κ2) is 8.33. The van der Waals surface area contributed by atoms with Gasteiger partial charge in [0.05, 0.1) is 6.54 Å². The molecule has 1 aliphatic rings. The molecule has 138 valence electrons. The summed E-state index contributed by atoms with van der Waals surface area (Å²) in [6, 6.07) is 5.97. The van der Waals surface area contributed by atoms with Crippen molar-refractivity contribution in [2.45, 2.75) is 20.0 Å². The van der Waals surface area contributed by atoms with Gasteiger partial charge in [-0.3, -0.25) is 14.5 Å². The lowest BCUT2D eigenvalue weighted by Gasteiger charge is -2.33. The molecule has 2 heterocycles. The van der Waals surface area contributed by atoms with Gasteiger partial charge < -0.3 is 10.2 Å². The minimum atomic E-state index is -0.307. The number of hydrogen-bond acceptors (Lipinski definition) is 6. The van der Waals surface area contributed by atoms with E-state index in [2.05, 4.69) is 20.4 Å². The minimum absolute atomic E-state index is 0.0978. The highest BCUT2D eigenvalue weighted by atomic mass is 32.1. The van der Waals surface area contributed by atoms with Crippen molar-refractivity contribution in [3.05, 3.63) is 45.7 Å². The first-order valence-electron chi connectivity index (χ1n) is 8.34. The summed E-state index contributed by atoms with van der Waals surface area (Å²) >= 11 is 1.26. The van der Waals surface area contributed by atoms with E-state index >= 15 is 0 Å². The van der Waals surface area contributed by atoms with Crippen molar-refractivity contribution in [2.75, 3.05) is 26.2 Å². The van der Waals surface area contributed by atoms with Crippen LogP contribution in [0.4, 0.5) is 4.39 Å². The van der Waals surface area contributed by atoms with Crippen LogP contribution in [0.25, 0.3) is 0 Å². The van der Waals surface area contributed by atoms with E-state index in [0.717, 1.165) is 23.7 Å². The number of nitrogens with one attached hydrogen (secondary N) is 1. The van der Waals surface area contributed by atoms with E-state index in [1.165, 1.54) is 23.5 Å². The molecule has 7 nitrogen and oxygen atoms in total. The normalized spacial score (nSPS) is 15.1. The Kier molecular flexibility index (Phi) is 5.89. The fraction of sp³-hybridized carbons (Fsp3) is 0.412. The lowest BCUT2D eigenvalue weighted by molar-refractivity contribution is -0.130. The van der Waals surface area contributed by atoms with E-state index in [4.69, 9.17) is 0 Å². The average Bonchev–Trinajstić information content (AvgIpc) is 3.10. The van der Waals surface area contributed by atoms with Crippen molar-refractivity contribution in [2.24, 2.45) is 0 Å². The highest BCUT2D eigenvalue weighted by Gasteiger charge is 2.20. The smallest absolute Gasteiger partial charge is 0.282 e. The molecule has 0 aliphatic carbocycles. The van der Waals surface area contributed by atoms with E-state index in [1.54, 1.807) is 19.1 Å². The van der Waals surface area contributed by atoms with Gasteiger partial charge in [-0.1, -0.05) is 23.5 Å². The molecule has 0 spiro atoms. The number of nitrogens with zero attached hydrogens (tertiary/aromatic N) is 4. The van der Waals surface area contributed by atoms with Crippen molar-refractivity contribution in [1.82, 2.24) is 25.3 Å². The van der Waals surface area contributed by atoms with Crippen LogP contribution in [0.5, 0.6) is 0 Å². The van der Waals surface area contributed by atoms with Crippen molar-refractivity contribution in [3.8, 4) is 0 Å². The molecule has 1 aromatic heterocycles. The fourth-order valence-electron chi connectivity index (χ4n) is 2.68. The maximum absolute atomic E-state index is 12.9. The summed E-state index contributed by atoms with van der Waals surface area (Å²) in [4.78, 5) is 27.5. The summed E-state index contributed by atoms with van der Waals surface area (Å²) in [5, 5.41) is 11.9.